The number of nitrogens with one attached hydrogen (secondary N) is 1. The number of hydrogen-bond acceptors (Lipinski definition) is 5. The number of sulfone groups is 1. The highest BCUT2D eigenvalue weighted by molar-refractivity contribution is 7.90. The third-order valence-corrected chi connectivity index (χ3v) is 7.42. The summed E-state index contributed by atoms with van der Waals surface area (Å²) >= 11 is 7.07. The number of amides is 2. The maximum absolute atomic E-state index is 12.5. The van der Waals surface area contributed by atoms with E-state index in [1.54, 1.807) is 65.6 Å². The summed E-state index contributed by atoms with van der Waals surface area (Å²) in [5.74, 6) is -0.330. The predicted octanol–water partition coefficient (Wildman–Crippen LogP) is 4.01. The molecule has 4 rings (SSSR count). The Kier molecular flexibility index (Phi) is 5.88. The van der Waals surface area contributed by atoms with Gasteiger partial charge in [0.2, 0.25) is 5.91 Å². The summed E-state index contributed by atoms with van der Waals surface area (Å²) in [6.45, 7) is 0.364. The Bertz CT molecular complexity index is 1250. The number of benzene rings is 2. The molecule has 0 radical (unpaired) electrons. The van der Waals surface area contributed by atoms with Crippen molar-refractivity contribution in [1.82, 2.24) is 5.32 Å². The van der Waals surface area contributed by atoms with Crippen molar-refractivity contribution < 1.29 is 18.0 Å². The van der Waals surface area contributed by atoms with Crippen LogP contribution in [0.2, 0.25) is 4.34 Å². The Labute approximate surface area is 189 Å². The van der Waals surface area contributed by atoms with Crippen LogP contribution in [0.25, 0.3) is 11.1 Å². The molecule has 3 aromatic rings. The molecule has 0 saturated carbocycles. The standard InChI is InChI=1S/C22H19ClN2O4S2/c1-31(28,29)19-5-3-2-4-17(19)14-6-8-16(9-7-14)25-13-15(12-21(25)26)24-22(27)18-10-11-20(23)30-18/h2-11,15H,12-13H2,1H3,(H,24,27). The van der Waals surface area contributed by atoms with E-state index in [4.69, 9.17) is 11.6 Å². The molecule has 0 aliphatic carbocycles. The quantitative estimate of drug-likeness (QED) is 0.605. The first-order valence-electron chi connectivity index (χ1n) is 9.48. The van der Waals surface area contributed by atoms with E-state index in [2.05, 4.69) is 5.32 Å². The lowest BCUT2D eigenvalue weighted by atomic mass is 10.1. The number of carbonyl (C=O) groups excluding carboxylic acids is 2. The SMILES string of the molecule is CS(=O)(=O)c1ccccc1-c1ccc(N2CC(NC(=O)c3ccc(Cl)s3)CC2=O)cc1. The normalized spacial score (nSPS) is 16.5. The zero-order valence-corrected chi connectivity index (χ0v) is 18.9. The fraction of sp³-hybridized carbons (Fsp3) is 0.182. The fourth-order valence-corrected chi connectivity index (χ4v) is 5.45. The zero-order chi connectivity index (χ0) is 22.2. The first-order valence-corrected chi connectivity index (χ1v) is 12.6. The molecule has 9 heteroatoms. The lowest BCUT2D eigenvalue weighted by Gasteiger charge is -2.18. The van der Waals surface area contributed by atoms with Gasteiger partial charge in [0.1, 0.15) is 0 Å². The molecule has 2 aromatic carbocycles. The Hall–Kier alpha value is -2.68. The second-order valence-electron chi connectivity index (χ2n) is 7.30. The Morgan fingerprint density at radius 1 is 1.10 bits per heavy atom. The molecule has 2 amide bonds. The van der Waals surface area contributed by atoms with Crippen molar-refractivity contribution in [2.24, 2.45) is 0 Å². The molecular weight excluding hydrogens is 456 g/mol. The summed E-state index contributed by atoms with van der Waals surface area (Å²) in [4.78, 5) is 27.3. The van der Waals surface area contributed by atoms with Gasteiger partial charge in [0.05, 0.1) is 20.2 Å². The van der Waals surface area contributed by atoms with Crippen LogP contribution >= 0.6 is 22.9 Å². The first-order chi connectivity index (χ1) is 14.7. The average Bonchev–Trinajstić information content (AvgIpc) is 3.33. The van der Waals surface area contributed by atoms with Gasteiger partial charge in [-0.2, -0.15) is 0 Å². The Morgan fingerprint density at radius 2 is 1.81 bits per heavy atom. The molecule has 1 aliphatic rings. The second kappa shape index (κ2) is 8.45. The van der Waals surface area contributed by atoms with Gasteiger partial charge in [-0.05, 0) is 35.9 Å². The lowest BCUT2D eigenvalue weighted by Crippen LogP contribution is -2.36. The van der Waals surface area contributed by atoms with Crippen LogP contribution in [0.15, 0.2) is 65.6 Å². The molecule has 6 nitrogen and oxygen atoms in total. The monoisotopic (exact) mass is 474 g/mol. The van der Waals surface area contributed by atoms with Crippen molar-refractivity contribution in [3.63, 3.8) is 0 Å². The minimum Gasteiger partial charge on any atom is -0.346 e. The molecule has 1 fully saturated rings. The number of hydrogen-bond donors (Lipinski definition) is 1. The van der Waals surface area contributed by atoms with E-state index >= 15 is 0 Å². The van der Waals surface area contributed by atoms with E-state index in [1.165, 1.54) is 17.6 Å². The van der Waals surface area contributed by atoms with Gasteiger partial charge in [0.25, 0.3) is 5.91 Å². The topological polar surface area (TPSA) is 83.6 Å². The molecule has 1 unspecified atom stereocenters. The van der Waals surface area contributed by atoms with Crippen LogP contribution in [0.4, 0.5) is 5.69 Å². The van der Waals surface area contributed by atoms with E-state index in [0.29, 0.717) is 27.0 Å². The smallest absolute Gasteiger partial charge is 0.261 e. The maximum atomic E-state index is 12.5. The molecule has 160 valence electrons. The highest BCUT2D eigenvalue weighted by Crippen LogP contribution is 2.30. The van der Waals surface area contributed by atoms with Gasteiger partial charge in [-0.1, -0.05) is 41.9 Å². The molecule has 1 aliphatic heterocycles. The number of carbonyl (C=O) groups is 2. The molecule has 0 bridgehead atoms. The van der Waals surface area contributed by atoms with Crippen molar-refractivity contribution in [2.45, 2.75) is 17.4 Å². The number of thiophene rings is 1. The van der Waals surface area contributed by atoms with E-state index in [9.17, 15) is 18.0 Å². The molecule has 1 saturated heterocycles. The van der Waals surface area contributed by atoms with Crippen molar-refractivity contribution in [2.75, 3.05) is 17.7 Å². The van der Waals surface area contributed by atoms with Crippen LogP contribution < -0.4 is 10.2 Å². The lowest BCUT2D eigenvalue weighted by molar-refractivity contribution is -0.117. The van der Waals surface area contributed by atoms with Crippen molar-refractivity contribution in [3.05, 3.63) is 69.9 Å². The van der Waals surface area contributed by atoms with Crippen molar-refractivity contribution >= 4 is 50.3 Å². The van der Waals surface area contributed by atoms with E-state index in [0.717, 1.165) is 5.56 Å². The largest absolute Gasteiger partial charge is 0.346 e. The van der Waals surface area contributed by atoms with Gasteiger partial charge in [0.15, 0.2) is 9.84 Å². The number of halogens is 1. The van der Waals surface area contributed by atoms with Gasteiger partial charge >= 0.3 is 0 Å². The highest BCUT2D eigenvalue weighted by Gasteiger charge is 2.32. The second-order valence-corrected chi connectivity index (χ2v) is 11.0. The number of nitrogens with zero attached hydrogens (tertiary/aromatic N) is 1. The number of rotatable bonds is 5. The predicted molar refractivity (Wildman–Crippen MR) is 123 cm³/mol. The third-order valence-electron chi connectivity index (χ3n) is 5.03. The van der Waals surface area contributed by atoms with Crippen LogP contribution in [-0.2, 0) is 14.6 Å². The molecule has 0 spiro atoms. The zero-order valence-electron chi connectivity index (χ0n) is 16.5. The van der Waals surface area contributed by atoms with Crippen LogP contribution in [0.1, 0.15) is 16.1 Å². The molecular formula is C22H19ClN2O4S2. The molecule has 1 N–H and O–H groups in total. The number of anilines is 1. The summed E-state index contributed by atoms with van der Waals surface area (Å²) in [6.07, 6.45) is 1.39. The van der Waals surface area contributed by atoms with E-state index in [-0.39, 0.29) is 29.2 Å². The highest BCUT2D eigenvalue weighted by atomic mass is 35.5. The summed E-state index contributed by atoms with van der Waals surface area (Å²) < 4.78 is 24.7. The minimum absolute atomic E-state index is 0.0844. The summed E-state index contributed by atoms with van der Waals surface area (Å²) in [7, 11) is -3.37. The minimum atomic E-state index is -3.37. The van der Waals surface area contributed by atoms with Gasteiger partial charge in [-0.3, -0.25) is 9.59 Å². The van der Waals surface area contributed by atoms with Crippen LogP contribution in [0, 0.1) is 0 Å². The summed E-state index contributed by atoms with van der Waals surface area (Å²) in [6, 6.07) is 17.0. The summed E-state index contributed by atoms with van der Waals surface area (Å²) in [5, 5.41) is 2.88. The average molecular weight is 475 g/mol. The van der Waals surface area contributed by atoms with Gasteiger partial charge in [-0.25, -0.2) is 8.42 Å². The molecule has 2 heterocycles. The summed E-state index contributed by atoms with van der Waals surface area (Å²) in [5.41, 5.74) is 2.06. The van der Waals surface area contributed by atoms with Gasteiger partial charge in [-0.15, -0.1) is 11.3 Å². The van der Waals surface area contributed by atoms with Crippen LogP contribution in [0.5, 0.6) is 0 Å². The molecule has 31 heavy (non-hydrogen) atoms. The fourth-order valence-electron chi connectivity index (χ4n) is 3.60. The Morgan fingerprint density at radius 3 is 2.45 bits per heavy atom. The Balaban J connectivity index is 1.50. The third kappa shape index (κ3) is 4.66. The maximum Gasteiger partial charge on any atom is 0.261 e. The van der Waals surface area contributed by atoms with Crippen LogP contribution in [-0.4, -0.2) is 39.1 Å². The van der Waals surface area contributed by atoms with E-state index < -0.39 is 9.84 Å². The van der Waals surface area contributed by atoms with Crippen LogP contribution in [0.3, 0.4) is 0 Å². The van der Waals surface area contributed by atoms with Gasteiger partial charge < -0.3 is 10.2 Å². The van der Waals surface area contributed by atoms with Crippen molar-refractivity contribution in [3.8, 4) is 11.1 Å². The van der Waals surface area contributed by atoms with Crippen molar-refractivity contribution in [1.29, 1.82) is 0 Å². The molecule has 1 aromatic heterocycles. The van der Waals surface area contributed by atoms with E-state index in [1.807, 2.05) is 0 Å². The van der Waals surface area contributed by atoms with Gasteiger partial charge in [0, 0.05) is 30.5 Å². The molecule has 1 atom stereocenters. The first kappa shape index (κ1) is 21.5.